The van der Waals surface area contributed by atoms with Gasteiger partial charge in [-0.05, 0) is 36.4 Å². The second-order valence-electron chi connectivity index (χ2n) is 5.66. The molecule has 0 saturated carbocycles. The van der Waals surface area contributed by atoms with E-state index < -0.39 is 17.5 Å². The van der Waals surface area contributed by atoms with Crippen LogP contribution in [0.2, 0.25) is 0 Å². The summed E-state index contributed by atoms with van der Waals surface area (Å²) in [7, 11) is 0. The smallest absolute Gasteiger partial charge is 0.252 e. The van der Waals surface area contributed by atoms with Crippen LogP contribution in [0.1, 0.15) is 31.8 Å². The average molecular weight is 351 g/mol. The van der Waals surface area contributed by atoms with Gasteiger partial charge in [-0.15, -0.1) is 0 Å². The molecule has 0 atom stereocenters. The van der Waals surface area contributed by atoms with E-state index in [1.807, 2.05) is 0 Å². The van der Waals surface area contributed by atoms with Gasteiger partial charge in [0.25, 0.3) is 5.91 Å². The lowest BCUT2D eigenvalue weighted by Gasteiger charge is -2.10. The first-order valence-corrected chi connectivity index (χ1v) is 7.97. The van der Waals surface area contributed by atoms with Crippen molar-refractivity contribution in [3.05, 3.63) is 107 Å². The van der Waals surface area contributed by atoms with Crippen molar-refractivity contribution in [2.45, 2.75) is 6.54 Å². The number of amides is 1. The normalized spacial score (nSPS) is 10.4. The highest BCUT2D eigenvalue weighted by atomic mass is 19.1. The first-order chi connectivity index (χ1) is 12.6. The minimum Gasteiger partial charge on any atom is -0.348 e. The highest BCUT2D eigenvalue weighted by Gasteiger charge is 2.18. The number of carbonyl (C=O) groups excluding carboxylic acids is 2. The van der Waals surface area contributed by atoms with Crippen LogP contribution < -0.4 is 5.32 Å². The lowest BCUT2D eigenvalue weighted by molar-refractivity contribution is 0.0939. The first-order valence-electron chi connectivity index (χ1n) is 7.97. The first kappa shape index (κ1) is 17.5. The van der Waals surface area contributed by atoms with Crippen LogP contribution in [0.25, 0.3) is 0 Å². The Hall–Kier alpha value is -3.34. The molecule has 1 amide bonds. The van der Waals surface area contributed by atoms with Crippen molar-refractivity contribution in [1.82, 2.24) is 5.32 Å². The molecule has 0 aliphatic rings. The maximum atomic E-state index is 13.7. The highest BCUT2D eigenvalue weighted by molar-refractivity contribution is 6.15. The van der Waals surface area contributed by atoms with Crippen LogP contribution in [0, 0.1) is 11.6 Å². The Morgan fingerprint density at radius 1 is 0.769 bits per heavy atom. The molecule has 1 N–H and O–H groups in total. The minimum atomic E-state index is -0.487. The van der Waals surface area contributed by atoms with Crippen molar-refractivity contribution in [2.24, 2.45) is 0 Å². The van der Waals surface area contributed by atoms with E-state index in [-0.39, 0.29) is 29.0 Å². The molecule has 0 saturated heterocycles. The fourth-order valence-electron chi connectivity index (χ4n) is 2.55. The summed E-state index contributed by atoms with van der Waals surface area (Å²) in [4.78, 5) is 25.1. The summed E-state index contributed by atoms with van der Waals surface area (Å²) >= 11 is 0. The number of ketones is 1. The summed E-state index contributed by atoms with van der Waals surface area (Å²) < 4.78 is 26.7. The van der Waals surface area contributed by atoms with Crippen LogP contribution in [0.3, 0.4) is 0 Å². The molecule has 3 nitrogen and oxygen atoms in total. The number of carbonyl (C=O) groups is 2. The Kier molecular flexibility index (Phi) is 5.17. The van der Waals surface area contributed by atoms with Gasteiger partial charge >= 0.3 is 0 Å². The van der Waals surface area contributed by atoms with Crippen LogP contribution in [0.4, 0.5) is 8.78 Å². The molecule has 0 unspecified atom stereocenters. The van der Waals surface area contributed by atoms with E-state index in [1.54, 1.807) is 30.3 Å². The number of nitrogens with one attached hydrogen (secondary N) is 1. The summed E-state index contributed by atoms with van der Waals surface area (Å²) in [6.45, 7) is 0.00454. The fourth-order valence-corrected chi connectivity index (χ4v) is 2.55. The van der Waals surface area contributed by atoms with Crippen molar-refractivity contribution < 1.29 is 18.4 Å². The maximum Gasteiger partial charge on any atom is 0.252 e. The Bertz CT molecular complexity index is 952. The minimum absolute atomic E-state index is 0.00454. The average Bonchev–Trinajstić information content (AvgIpc) is 2.67. The number of benzene rings is 3. The van der Waals surface area contributed by atoms with E-state index in [4.69, 9.17) is 0 Å². The summed E-state index contributed by atoms with van der Waals surface area (Å²) in [6.07, 6.45) is 0. The van der Waals surface area contributed by atoms with E-state index in [9.17, 15) is 18.4 Å². The van der Waals surface area contributed by atoms with Crippen LogP contribution in [0.5, 0.6) is 0 Å². The van der Waals surface area contributed by atoms with Crippen LogP contribution in [-0.4, -0.2) is 11.7 Å². The Labute approximate surface area is 149 Å². The third kappa shape index (κ3) is 3.83. The molecule has 0 radical (unpaired) electrons. The third-order valence-corrected chi connectivity index (χ3v) is 3.92. The van der Waals surface area contributed by atoms with Gasteiger partial charge < -0.3 is 5.32 Å². The summed E-state index contributed by atoms with van der Waals surface area (Å²) in [5.41, 5.74) is 1.01. The standard InChI is InChI=1S/C21H15F2NO2/c22-16-11-9-14(10-12-16)20(25)17-6-2-3-7-18(17)21(26)24-13-15-5-1-4-8-19(15)23/h1-12H,13H2,(H,24,26). The molecule has 3 aromatic carbocycles. The molecule has 0 bridgehead atoms. The molecule has 0 aromatic heterocycles. The van der Waals surface area contributed by atoms with Crippen molar-refractivity contribution >= 4 is 11.7 Å². The van der Waals surface area contributed by atoms with E-state index in [2.05, 4.69) is 5.32 Å². The van der Waals surface area contributed by atoms with Gasteiger partial charge in [-0.1, -0.05) is 36.4 Å². The van der Waals surface area contributed by atoms with E-state index in [0.717, 1.165) is 0 Å². The van der Waals surface area contributed by atoms with E-state index in [1.165, 1.54) is 42.5 Å². The Balaban J connectivity index is 1.82. The highest BCUT2D eigenvalue weighted by Crippen LogP contribution is 2.16. The van der Waals surface area contributed by atoms with E-state index >= 15 is 0 Å². The quantitative estimate of drug-likeness (QED) is 0.703. The van der Waals surface area contributed by atoms with E-state index in [0.29, 0.717) is 5.56 Å². The molecule has 0 heterocycles. The molecule has 0 spiro atoms. The van der Waals surface area contributed by atoms with Gasteiger partial charge in [-0.2, -0.15) is 0 Å². The van der Waals surface area contributed by atoms with Gasteiger partial charge in [-0.3, -0.25) is 9.59 Å². The van der Waals surface area contributed by atoms with Crippen LogP contribution >= 0.6 is 0 Å². The molecule has 3 rings (SSSR count). The van der Waals surface area contributed by atoms with Crippen molar-refractivity contribution in [1.29, 1.82) is 0 Å². The molecule has 0 fully saturated rings. The van der Waals surface area contributed by atoms with Gasteiger partial charge in [0.15, 0.2) is 5.78 Å². The second kappa shape index (κ2) is 7.70. The summed E-state index contributed by atoms with van der Waals surface area (Å²) in [5.74, 6) is -1.73. The molecule has 0 aliphatic carbocycles. The number of rotatable bonds is 5. The van der Waals surface area contributed by atoms with Gasteiger partial charge in [0.2, 0.25) is 0 Å². The van der Waals surface area contributed by atoms with Gasteiger partial charge in [0.05, 0.1) is 5.56 Å². The SMILES string of the molecule is O=C(NCc1ccccc1F)c1ccccc1C(=O)c1ccc(F)cc1. The number of hydrogen-bond donors (Lipinski definition) is 1. The molecule has 3 aromatic rings. The maximum absolute atomic E-state index is 13.7. The predicted molar refractivity (Wildman–Crippen MR) is 93.8 cm³/mol. The van der Waals surface area contributed by atoms with Gasteiger partial charge in [0, 0.05) is 23.2 Å². The van der Waals surface area contributed by atoms with Gasteiger partial charge in [0.1, 0.15) is 11.6 Å². The fraction of sp³-hybridized carbons (Fsp3) is 0.0476. The molecule has 0 aliphatic heterocycles. The predicted octanol–water partition coefficient (Wildman–Crippen LogP) is 4.13. The Morgan fingerprint density at radius 3 is 2.08 bits per heavy atom. The van der Waals surface area contributed by atoms with Crippen LogP contribution in [-0.2, 0) is 6.54 Å². The lowest BCUT2D eigenvalue weighted by atomic mass is 9.98. The third-order valence-electron chi connectivity index (χ3n) is 3.92. The zero-order valence-electron chi connectivity index (χ0n) is 13.7. The monoisotopic (exact) mass is 351 g/mol. The molecule has 5 heteroatoms. The lowest BCUT2D eigenvalue weighted by Crippen LogP contribution is -2.25. The number of hydrogen-bond acceptors (Lipinski definition) is 2. The molecular weight excluding hydrogens is 336 g/mol. The zero-order chi connectivity index (χ0) is 18.5. The largest absolute Gasteiger partial charge is 0.348 e. The Morgan fingerprint density at radius 2 is 1.38 bits per heavy atom. The van der Waals surface area contributed by atoms with Crippen molar-refractivity contribution in [3.8, 4) is 0 Å². The van der Waals surface area contributed by atoms with Crippen molar-refractivity contribution in [2.75, 3.05) is 0 Å². The molecular formula is C21H15F2NO2. The number of halogens is 2. The topological polar surface area (TPSA) is 46.2 Å². The second-order valence-corrected chi connectivity index (χ2v) is 5.66. The summed E-state index contributed by atoms with van der Waals surface area (Å²) in [6, 6.07) is 17.6. The molecule has 130 valence electrons. The van der Waals surface area contributed by atoms with Crippen molar-refractivity contribution in [3.63, 3.8) is 0 Å². The summed E-state index contributed by atoms with van der Waals surface area (Å²) in [5, 5.41) is 2.62. The van der Waals surface area contributed by atoms with Gasteiger partial charge in [-0.25, -0.2) is 8.78 Å². The molecule has 26 heavy (non-hydrogen) atoms. The van der Waals surface area contributed by atoms with Crippen LogP contribution in [0.15, 0.2) is 72.8 Å². The zero-order valence-corrected chi connectivity index (χ0v) is 13.7.